The summed E-state index contributed by atoms with van der Waals surface area (Å²) < 4.78 is 15.9. The predicted octanol–water partition coefficient (Wildman–Crippen LogP) is -0.784. The smallest absolute Gasteiger partial charge is 0.184 e. The molecule has 2 fully saturated rings. The van der Waals surface area contributed by atoms with Gasteiger partial charge in [-0.3, -0.25) is 0 Å². The molecule has 0 spiro atoms. The molecule has 5 heteroatoms. The summed E-state index contributed by atoms with van der Waals surface area (Å²) in [5, 5.41) is 18.3. The van der Waals surface area contributed by atoms with Gasteiger partial charge in [-0.2, -0.15) is 0 Å². The van der Waals surface area contributed by atoms with Crippen molar-refractivity contribution in [1.29, 1.82) is 0 Å². The van der Waals surface area contributed by atoms with Gasteiger partial charge in [0.1, 0.15) is 18.3 Å². The van der Waals surface area contributed by atoms with Gasteiger partial charge in [0.2, 0.25) is 0 Å². The first-order chi connectivity index (χ1) is 6.03. The van der Waals surface area contributed by atoms with E-state index in [-0.39, 0.29) is 12.7 Å². The van der Waals surface area contributed by atoms with E-state index in [0.717, 1.165) is 0 Å². The normalized spacial score (nSPS) is 48.0. The van der Waals surface area contributed by atoms with Gasteiger partial charge >= 0.3 is 0 Å². The summed E-state index contributed by atoms with van der Waals surface area (Å²) in [6, 6.07) is 0. The first-order valence-electron chi connectivity index (χ1n) is 4.33. The SMILES string of the molecule is CC1(C)O[C@@H]2[C@H](O1)[C@@H](CO)O[C@H]2O. The topological polar surface area (TPSA) is 68.2 Å². The van der Waals surface area contributed by atoms with Gasteiger partial charge in [0.15, 0.2) is 12.1 Å². The minimum atomic E-state index is -0.996. The third kappa shape index (κ3) is 1.47. The van der Waals surface area contributed by atoms with Gasteiger partial charge in [0.25, 0.3) is 0 Å². The molecule has 2 aliphatic heterocycles. The largest absolute Gasteiger partial charge is 0.394 e. The van der Waals surface area contributed by atoms with Crippen LogP contribution in [0.15, 0.2) is 0 Å². The minimum Gasteiger partial charge on any atom is -0.394 e. The highest BCUT2D eigenvalue weighted by Gasteiger charge is 2.54. The second kappa shape index (κ2) is 2.90. The highest BCUT2D eigenvalue weighted by molar-refractivity contribution is 4.94. The Bertz CT molecular complexity index is 205. The third-order valence-corrected chi connectivity index (χ3v) is 2.31. The van der Waals surface area contributed by atoms with Gasteiger partial charge in [-0.15, -0.1) is 0 Å². The van der Waals surface area contributed by atoms with E-state index in [2.05, 4.69) is 0 Å². The van der Waals surface area contributed by atoms with Crippen molar-refractivity contribution < 1.29 is 24.4 Å². The van der Waals surface area contributed by atoms with Crippen LogP contribution in [0.1, 0.15) is 13.8 Å². The maximum Gasteiger partial charge on any atom is 0.184 e. The molecule has 5 nitrogen and oxygen atoms in total. The van der Waals surface area contributed by atoms with Crippen LogP contribution in [-0.2, 0) is 14.2 Å². The van der Waals surface area contributed by atoms with E-state index < -0.39 is 24.3 Å². The summed E-state index contributed by atoms with van der Waals surface area (Å²) in [7, 11) is 0. The van der Waals surface area contributed by atoms with E-state index in [0.29, 0.717) is 0 Å². The Morgan fingerprint density at radius 3 is 2.46 bits per heavy atom. The van der Waals surface area contributed by atoms with Gasteiger partial charge in [-0.25, -0.2) is 0 Å². The zero-order valence-corrected chi connectivity index (χ0v) is 7.64. The number of aliphatic hydroxyl groups excluding tert-OH is 2. The molecule has 0 unspecified atom stereocenters. The molecule has 2 heterocycles. The Balaban J connectivity index is 2.12. The fraction of sp³-hybridized carbons (Fsp3) is 1.00. The number of fused-ring (bicyclic) bond motifs is 1. The van der Waals surface area contributed by atoms with Gasteiger partial charge in [0.05, 0.1) is 6.61 Å². The molecule has 0 radical (unpaired) electrons. The maximum atomic E-state index is 9.39. The summed E-state index contributed by atoms with van der Waals surface area (Å²) in [5.41, 5.74) is 0. The average molecular weight is 190 g/mol. The fourth-order valence-electron chi connectivity index (χ4n) is 1.81. The molecule has 0 aromatic heterocycles. The van der Waals surface area contributed by atoms with E-state index in [9.17, 15) is 5.11 Å². The van der Waals surface area contributed by atoms with Crippen molar-refractivity contribution in [2.24, 2.45) is 0 Å². The van der Waals surface area contributed by atoms with Crippen molar-refractivity contribution in [2.45, 2.75) is 44.2 Å². The molecule has 76 valence electrons. The van der Waals surface area contributed by atoms with Crippen molar-refractivity contribution in [3.63, 3.8) is 0 Å². The van der Waals surface area contributed by atoms with Crippen LogP contribution in [0.2, 0.25) is 0 Å². The molecule has 2 N–H and O–H groups in total. The number of aliphatic hydroxyl groups is 2. The summed E-state index contributed by atoms with van der Waals surface area (Å²) in [6.45, 7) is 3.37. The van der Waals surface area contributed by atoms with E-state index in [1.54, 1.807) is 13.8 Å². The van der Waals surface area contributed by atoms with E-state index in [1.807, 2.05) is 0 Å². The number of hydrogen-bond donors (Lipinski definition) is 2. The predicted molar refractivity (Wildman–Crippen MR) is 41.8 cm³/mol. The van der Waals surface area contributed by atoms with Gasteiger partial charge in [-0.1, -0.05) is 0 Å². The van der Waals surface area contributed by atoms with Gasteiger partial charge in [-0.05, 0) is 13.8 Å². The van der Waals surface area contributed by atoms with Gasteiger partial charge < -0.3 is 24.4 Å². The van der Waals surface area contributed by atoms with Crippen molar-refractivity contribution in [1.82, 2.24) is 0 Å². The fourth-order valence-corrected chi connectivity index (χ4v) is 1.81. The first kappa shape index (κ1) is 9.36. The van der Waals surface area contributed by atoms with Crippen LogP contribution in [0.4, 0.5) is 0 Å². The van der Waals surface area contributed by atoms with E-state index in [4.69, 9.17) is 19.3 Å². The molecule has 0 saturated carbocycles. The molecule has 4 atom stereocenters. The lowest BCUT2D eigenvalue weighted by atomic mass is 10.1. The molecule has 2 aliphatic rings. The Labute approximate surface area is 76.2 Å². The Morgan fingerprint density at radius 1 is 1.23 bits per heavy atom. The summed E-state index contributed by atoms with van der Waals surface area (Å²) in [5.74, 6) is -0.701. The number of rotatable bonds is 1. The molecular weight excluding hydrogens is 176 g/mol. The van der Waals surface area contributed by atoms with Crippen molar-refractivity contribution in [3.8, 4) is 0 Å². The molecule has 0 aromatic carbocycles. The maximum absolute atomic E-state index is 9.39. The molecule has 0 amide bonds. The van der Waals surface area contributed by atoms with E-state index >= 15 is 0 Å². The lowest BCUT2D eigenvalue weighted by Crippen LogP contribution is -2.31. The summed E-state index contributed by atoms with van der Waals surface area (Å²) in [6.07, 6.45) is -2.33. The lowest BCUT2D eigenvalue weighted by Gasteiger charge is -2.21. The Hall–Kier alpha value is -0.200. The Morgan fingerprint density at radius 2 is 1.85 bits per heavy atom. The third-order valence-electron chi connectivity index (χ3n) is 2.31. The molecule has 2 rings (SSSR count). The molecule has 0 aromatic rings. The van der Waals surface area contributed by atoms with Crippen LogP contribution in [0.25, 0.3) is 0 Å². The van der Waals surface area contributed by atoms with E-state index in [1.165, 1.54) is 0 Å². The van der Waals surface area contributed by atoms with Crippen LogP contribution >= 0.6 is 0 Å². The molecule has 0 aliphatic carbocycles. The summed E-state index contributed by atoms with van der Waals surface area (Å²) in [4.78, 5) is 0. The van der Waals surface area contributed by atoms with Crippen LogP contribution in [0.3, 0.4) is 0 Å². The zero-order chi connectivity index (χ0) is 9.64. The van der Waals surface area contributed by atoms with Crippen LogP contribution < -0.4 is 0 Å². The standard InChI is InChI=1S/C8H14O5/c1-8(2)12-5-4(3-9)11-7(10)6(5)13-8/h4-7,9-10H,3H2,1-2H3/t4-,5-,6-,7-/m1/s1. The highest BCUT2D eigenvalue weighted by Crippen LogP contribution is 2.37. The second-order valence-electron chi connectivity index (χ2n) is 3.81. The molecule has 2 saturated heterocycles. The van der Waals surface area contributed by atoms with Crippen molar-refractivity contribution >= 4 is 0 Å². The monoisotopic (exact) mass is 190 g/mol. The zero-order valence-electron chi connectivity index (χ0n) is 7.64. The number of hydrogen-bond acceptors (Lipinski definition) is 5. The summed E-state index contributed by atoms with van der Waals surface area (Å²) >= 11 is 0. The average Bonchev–Trinajstić information content (AvgIpc) is 2.47. The molecule has 0 bridgehead atoms. The highest BCUT2D eigenvalue weighted by atomic mass is 16.8. The second-order valence-corrected chi connectivity index (χ2v) is 3.81. The van der Waals surface area contributed by atoms with Crippen LogP contribution in [0.5, 0.6) is 0 Å². The number of ether oxygens (including phenoxy) is 3. The quantitative estimate of drug-likeness (QED) is 0.567. The van der Waals surface area contributed by atoms with Crippen LogP contribution in [-0.4, -0.2) is 47.2 Å². The Kier molecular flexibility index (Phi) is 2.08. The van der Waals surface area contributed by atoms with Crippen molar-refractivity contribution in [2.75, 3.05) is 6.61 Å². The minimum absolute atomic E-state index is 0.169. The molecular formula is C8H14O5. The van der Waals surface area contributed by atoms with Crippen molar-refractivity contribution in [3.05, 3.63) is 0 Å². The lowest BCUT2D eigenvalue weighted by molar-refractivity contribution is -0.223. The molecule has 13 heavy (non-hydrogen) atoms. The van der Waals surface area contributed by atoms with Gasteiger partial charge in [0, 0.05) is 0 Å². The first-order valence-corrected chi connectivity index (χ1v) is 4.33. The van der Waals surface area contributed by atoms with Crippen LogP contribution in [0, 0.1) is 0 Å².